The molecule has 0 atom stereocenters. The predicted molar refractivity (Wildman–Crippen MR) is 107 cm³/mol. The lowest BCUT2D eigenvalue weighted by Crippen LogP contribution is -2.37. The van der Waals surface area contributed by atoms with E-state index >= 15 is 0 Å². The van der Waals surface area contributed by atoms with Crippen molar-refractivity contribution in [3.05, 3.63) is 46.4 Å². The lowest BCUT2D eigenvalue weighted by atomic mass is 10.2. The molecule has 9 heteroatoms. The van der Waals surface area contributed by atoms with E-state index in [2.05, 4.69) is 5.32 Å². The van der Waals surface area contributed by atoms with E-state index in [1.807, 2.05) is 0 Å². The number of benzene rings is 2. The Morgan fingerprint density at radius 1 is 1.07 bits per heavy atom. The molecule has 1 saturated heterocycles. The number of hydrogen-bond donors (Lipinski definition) is 1. The Kier molecular flexibility index (Phi) is 5.19. The third kappa shape index (κ3) is 3.68. The molecule has 0 aliphatic carbocycles. The summed E-state index contributed by atoms with van der Waals surface area (Å²) in [6, 6.07) is 10.1. The molecule has 0 saturated carbocycles. The smallest absolute Gasteiger partial charge is 0.325 e. The Labute approximate surface area is 171 Å². The summed E-state index contributed by atoms with van der Waals surface area (Å²) in [7, 11) is 0. The summed E-state index contributed by atoms with van der Waals surface area (Å²) in [5.41, 5.74) is 1.12. The second kappa shape index (κ2) is 7.77. The highest BCUT2D eigenvalue weighted by Crippen LogP contribution is 2.35. The third-order valence-corrected chi connectivity index (χ3v) is 5.31. The molecule has 3 amide bonds. The largest absolute Gasteiger partial charge is 0.486 e. The molecule has 0 bridgehead atoms. The molecule has 1 N–H and O–H groups in total. The molecule has 2 aliphatic rings. The van der Waals surface area contributed by atoms with Gasteiger partial charge in [0.1, 0.15) is 19.8 Å². The Hall–Kier alpha value is -2.64. The Balaban J connectivity index is 1.41. The highest BCUT2D eigenvalue weighted by Gasteiger charge is 2.31. The van der Waals surface area contributed by atoms with Gasteiger partial charge in [-0.3, -0.25) is 9.69 Å². The van der Waals surface area contributed by atoms with Crippen molar-refractivity contribution in [3.8, 4) is 11.5 Å². The van der Waals surface area contributed by atoms with Gasteiger partial charge in [0.25, 0.3) is 0 Å². The maximum atomic E-state index is 12.7. The van der Waals surface area contributed by atoms with E-state index in [0.29, 0.717) is 54.2 Å². The summed E-state index contributed by atoms with van der Waals surface area (Å²) in [6.45, 7) is 1.81. The maximum absolute atomic E-state index is 12.7. The highest BCUT2D eigenvalue weighted by atomic mass is 35.5. The van der Waals surface area contributed by atoms with Crippen molar-refractivity contribution in [2.75, 3.05) is 43.1 Å². The van der Waals surface area contributed by atoms with Gasteiger partial charge in [0, 0.05) is 24.8 Å². The fraction of sp³-hybridized carbons (Fsp3) is 0.263. The van der Waals surface area contributed by atoms with Gasteiger partial charge in [-0.25, -0.2) is 4.79 Å². The fourth-order valence-electron chi connectivity index (χ4n) is 3.13. The van der Waals surface area contributed by atoms with Gasteiger partial charge in [0.2, 0.25) is 5.91 Å². The van der Waals surface area contributed by atoms with Gasteiger partial charge in [0.15, 0.2) is 11.5 Å². The summed E-state index contributed by atoms with van der Waals surface area (Å²) >= 11 is 12.0. The van der Waals surface area contributed by atoms with Gasteiger partial charge in [-0.1, -0.05) is 29.3 Å². The van der Waals surface area contributed by atoms with Crippen LogP contribution in [-0.4, -0.2) is 49.7 Å². The Morgan fingerprint density at radius 2 is 1.86 bits per heavy atom. The number of hydrogen-bond acceptors (Lipinski definition) is 4. The first kappa shape index (κ1) is 18.7. The van der Waals surface area contributed by atoms with Gasteiger partial charge in [-0.15, -0.1) is 0 Å². The Bertz CT molecular complexity index is 937. The maximum Gasteiger partial charge on any atom is 0.325 e. The lowest BCUT2D eigenvalue weighted by molar-refractivity contribution is -0.116. The van der Waals surface area contributed by atoms with Crippen LogP contribution in [0.3, 0.4) is 0 Å². The van der Waals surface area contributed by atoms with E-state index < -0.39 is 0 Å². The van der Waals surface area contributed by atoms with Crippen LogP contribution in [-0.2, 0) is 4.79 Å². The number of ether oxygens (including phenoxy) is 2. The van der Waals surface area contributed by atoms with Crippen molar-refractivity contribution in [3.63, 3.8) is 0 Å². The molecule has 28 heavy (non-hydrogen) atoms. The molecule has 7 nitrogen and oxygen atoms in total. The second-order valence-corrected chi connectivity index (χ2v) is 7.12. The number of fused-ring (bicyclic) bond motifs is 1. The first-order chi connectivity index (χ1) is 13.5. The number of carbonyl (C=O) groups is 2. The lowest BCUT2D eigenvalue weighted by Gasteiger charge is -2.22. The Morgan fingerprint density at radius 3 is 2.68 bits per heavy atom. The first-order valence-corrected chi connectivity index (χ1v) is 9.48. The van der Waals surface area contributed by atoms with Gasteiger partial charge < -0.3 is 19.7 Å². The number of anilines is 2. The zero-order valence-electron chi connectivity index (χ0n) is 14.8. The van der Waals surface area contributed by atoms with Gasteiger partial charge >= 0.3 is 6.03 Å². The minimum Gasteiger partial charge on any atom is -0.486 e. The van der Waals surface area contributed by atoms with Crippen molar-refractivity contribution in [1.29, 1.82) is 0 Å². The second-order valence-electron chi connectivity index (χ2n) is 6.33. The average Bonchev–Trinajstić information content (AvgIpc) is 3.05. The number of carbonyl (C=O) groups excluding carboxylic acids is 2. The van der Waals surface area contributed by atoms with Crippen LogP contribution >= 0.6 is 23.2 Å². The van der Waals surface area contributed by atoms with E-state index in [9.17, 15) is 9.59 Å². The van der Waals surface area contributed by atoms with E-state index in [1.165, 1.54) is 4.90 Å². The number of nitrogens with one attached hydrogen (secondary N) is 1. The highest BCUT2D eigenvalue weighted by molar-refractivity contribution is 6.44. The standard InChI is InChI=1S/C19H17Cl2N3O4/c20-13-2-1-3-14(18(13)21)22-17(25)11-23-6-7-24(19(23)26)12-4-5-15-16(10-12)28-9-8-27-15/h1-5,10H,6-9,11H2,(H,22,25). The molecule has 0 spiro atoms. The van der Waals surface area contributed by atoms with Crippen molar-refractivity contribution in [2.45, 2.75) is 0 Å². The van der Waals surface area contributed by atoms with Crippen LogP contribution in [0.15, 0.2) is 36.4 Å². The molecule has 2 aromatic carbocycles. The van der Waals surface area contributed by atoms with Crippen LogP contribution in [0.25, 0.3) is 0 Å². The van der Waals surface area contributed by atoms with Crippen LogP contribution < -0.4 is 19.7 Å². The van der Waals surface area contributed by atoms with Crippen LogP contribution in [0.1, 0.15) is 0 Å². The topological polar surface area (TPSA) is 71.1 Å². The molecule has 0 unspecified atom stereocenters. The summed E-state index contributed by atoms with van der Waals surface area (Å²) in [5.74, 6) is 0.932. The molecule has 2 aliphatic heterocycles. The summed E-state index contributed by atoms with van der Waals surface area (Å²) < 4.78 is 11.1. The third-order valence-electron chi connectivity index (χ3n) is 4.49. The monoisotopic (exact) mass is 421 g/mol. The quantitative estimate of drug-likeness (QED) is 0.817. The minimum absolute atomic E-state index is 0.0806. The summed E-state index contributed by atoms with van der Waals surface area (Å²) in [6.07, 6.45) is 0. The van der Waals surface area contributed by atoms with Gasteiger partial charge in [-0.05, 0) is 24.3 Å². The van der Waals surface area contributed by atoms with Crippen molar-refractivity contribution in [2.24, 2.45) is 0 Å². The normalized spacial score (nSPS) is 15.7. The summed E-state index contributed by atoms with van der Waals surface area (Å²) in [5, 5.41) is 3.31. The SMILES string of the molecule is O=C(CN1CCN(c2ccc3c(c2)OCCO3)C1=O)Nc1cccc(Cl)c1Cl. The molecule has 146 valence electrons. The van der Waals surface area contributed by atoms with Crippen molar-refractivity contribution >= 4 is 46.5 Å². The first-order valence-electron chi connectivity index (χ1n) is 8.73. The number of amides is 3. The van der Waals surface area contributed by atoms with E-state index in [1.54, 1.807) is 41.3 Å². The van der Waals surface area contributed by atoms with Gasteiger partial charge in [0.05, 0.1) is 15.7 Å². The molecule has 1 fully saturated rings. The van der Waals surface area contributed by atoms with Crippen LogP contribution in [0.5, 0.6) is 11.5 Å². The number of halogens is 2. The molecule has 0 radical (unpaired) electrons. The predicted octanol–water partition coefficient (Wildman–Crippen LogP) is 3.65. The zero-order valence-corrected chi connectivity index (χ0v) is 16.3. The van der Waals surface area contributed by atoms with Crippen LogP contribution in [0.4, 0.5) is 16.2 Å². The van der Waals surface area contributed by atoms with Crippen molar-refractivity contribution < 1.29 is 19.1 Å². The van der Waals surface area contributed by atoms with E-state index in [4.69, 9.17) is 32.7 Å². The number of rotatable bonds is 4. The van der Waals surface area contributed by atoms with E-state index in [-0.39, 0.29) is 23.5 Å². The number of urea groups is 1. The molecule has 2 heterocycles. The minimum atomic E-state index is -0.346. The fourth-order valence-corrected chi connectivity index (χ4v) is 3.48. The molecule has 4 rings (SSSR count). The van der Waals surface area contributed by atoms with Gasteiger partial charge in [-0.2, -0.15) is 0 Å². The van der Waals surface area contributed by atoms with E-state index in [0.717, 1.165) is 0 Å². The van der Waals surface area contributed by atoms with Crippen LogP contribution in [0.2, 0.25) is 10.0 Å². The molecular weight excluding hydrogens is 405 g/mol. The van der Waals surface area contributed by atoms with Crippen LogP contribution in [0, 0.1) is 0 Å². The molecule has 0 aromatic heterocycles. The zero-order chi connectivity index (χ0) is 19.7. The molecule has 2 aromatic rings. The molecular formula is C19H17Cl2N3O4. The van der Waals surface area contributed by atoms with Crippen molar-refractivity contribution in [1.82, 2.24) is 4.90 Å². The number of nitrogens with zero attached hydrogens (tertiary/aromatic N) is 2. The summed E-state index contributed by atoms with van der Waals surface area (Å²) in [4.78, 5) is 28.2. The average molecular weight is 422 g/mol.